The Morgan fingerprint density at radius 3 is 2.45 bits per heavy atom. The average Bonchev–Trinajstić information content (AvgIpc) is 2.37. The lowest BCUT2D eigenvalue weighted by Crippen LogP contribution is -2.36. The van der Waals surface area contributed by atoms with Crippen LogP contribution in [0.2, 0.25) is 0 Å². The Morgan fingerprint density at radius 2 is 1.75 bits per heavy atom. The van der Waals surface area contributed by atoms with Crippen LogP contribution in [0, 0.1) is 11.8 Å². The highest BCUT2D eigenvalue weighted by Crippen LogP contribution is 2.25. The van der Waals surface area contributed by atoms with Crippen LogP contribution in [0.25, 0.3) is 0 Å². The molecule has 0 saturated heterocycles. The Labute approximate surface area is 126 Å². The van der Waals surface area contributed by atoms with Crippen LogP contribution in [0.1, 0.15) is 66.2 Å². The van der Waals surface area contributed by atoms with Crippen molar-refractivity contribution in [3.63, 3.8) is 0 Å². The molecule has 118 valence electrons. The molecule has 0 saturated carbocycles. The predicted octanol–water partition coefficient (Wildman–Crippen LogP) is 4.55. The molecule has 0 spiro atoms. The van der Waals surface area contributed by atoms with E-state index >= 15 is 0 Å². The molecule has 0 aromatic rings. The molecule has 0 heterocycles. The lowest BCUT2D eigenvalue weighted by molar-refractivity contribution is 0.0765. The summed E-state index contributed by atoms with van der Waals surface area (Å²) in [5.41, 5.74) is 0.258. The van der Waals surface area contributed by atoms with Crippen LogP contribution in [-0.2, 0) is 4.74 Å². The van der Waals surface area contributed by atoms with Crippen molar-refractivity contribution in [3.05, 3.63) is 12.2 Å². The zero-order valence-corrected chi connectivity index (χ0v) is 14.1. The number of allylic oxidation sites excluding steroid dienone is 2. The van der Waals surface area contributed by atoms with Crippen LogP contribution in [0.3, 0.4) is 0 Å². The van der Waals surface area contributed by atoms with Gasteiger partial charge in [0.25, 0.3) is 0 Å². The number of nitrogens with one attached hydrogen (secondary N) is 1. The maximum Gasteiger partial charge on any atom is 0.0499 e. The Bertz CT molecular complexity index is 267. The Kier molecular flexibility index (Phi) is 8.47. The molecule has 0 bridgehead atoms. The molecule has 0 radical (unpaired) electrons. The number of rotatable bonds is 9. The number of hydrogen-bond acceptors (Lipinski definition) is 2. The van der Waals surface area contributed by atoms with Crippen molar-refractivity contribution >= 4 is 0 Å². The normalized spacial score (nSPS) is 23.2. The van der Waals surface area contributed by atoms with Gasteiger partial charge in [0, 0.05) is 18.8 Å². The van der Waals surface area contributed by atoms with Gasteiger partial charge in [-0.1, -0.05) is 31.9 Å². The zero-order chi connectivity index (χ0) is 14.8. The third-order valence-electron chi connectivity index (χ3n) is 4.12. The molecule has 1 rings (SSSR count). The fourth-order valence-corrected chi connectivity index (χ4v) is 2.62. The highest BCUT2D eigenvalue weighted by Gasteiger charge is 2.17. The van der Waals surface area contributed by atoms with E-state index in [4.69, 9.17) is 4.74 Å². The first-order valence-corrected chi connectivity index (χ1v) is 8.47. The summed E-state index contributed by atoms with van der Waals surface area (Å²) >= 11 is 0. The van der Waals surface area contributed by atoms with Crippen LogP contribution in [0.4, 0.5) is 0 Å². The van der Waals surface area contributed by atoms with Gasteiger partial charge in [-0.3, -0.25) is 0 Å². The second-order valence-corrected chi connectivity index (χ2v) is 7.35. The van der Waals surface area contributed by atoms with E-state index in [1.807, 2.05) is 0 Å². The molecular weight excluding hydrogens is 246 g/mol. The van der Waals surface area contributed by atoms with Crippen molar-refractivity contribution in [3.8, 4) is 0 Å². The molecule has 1 N–H and O–H groups in total. The highest BCUT2D eigenvalue weighted by atomic mass is 16.5. The van der Waals surface area contributed by atoms with Crippen molar-refractivity contribution in [2.75, 3.05) is 19.8 Å². The number of unbranched alkanes of at least 4 members (excludes halogenated alkanes) is 3. The first-order chi connectivity index (χ1) is 9.49. The largest absolute Gasteiger partial charge is 0.381 e. The van der Waals surface area contributed by atoms with E-state index in [0.29, 0.717) is 0 Å². The minimum absolute atomic E-state index is 0.258. The summed E-state index contributed by atoms with van der Waals surface area (Å²) in [6, 6.07) is 0. The van der Waals surface area contributed by atoms with Crippen LogP contribution in [0.15, 0.2) is 12.2 Å². The summed E-state index contributed by atoms with van der Waals surface area (Å²) in [6.07, 6.45) is 12.2. The summed E-state index contributed by atoms with van der Waals surface area (Å²) in [7, 11) is 0. The van der Waals surface area contributed by atoms with E-state index in [9.17, 15) is 0 Å². The van der Waals surface area contributed by atoms with E-state index in [2.05, 4.69) is 45.2 Å². The highest BCUT2D eigenvalue weighted by molar-refractivity contribution is 4.93. The van der Waals surface area contributed by atoms with Crippen LogP contribution in [0.5, 0.6) is 0 Å². The fraction of sp³-hybridized carbons (Fsp3) is 0.889. The Hall–Kier alpha value is -0.340. The summed E-state index contributed by atoms with van der Waals surface area (Å²) in [4.78, 5) is 0. The first kappa shape index (κ1) is 17.7. The number of ether oxygens (including phenoxy) is 1. The molecule has 2 nitrogen and oxygen atoms in total. The van der Waals surface area contributed by atoms with Crippen LogP contribution < -0.4 is 5.32 Å². The summed E-state index contributed by atoms with van der Waals surface area (Å²) < 4.78 is 5.85. The maximum atomic E-state index is 5.85. The molecule has 2 atom stereocenters. The molecule has 1 aliphatic rings. The van der Waals surface area contributed by atoms with Crippen molar-refractivity contribution in [2.24, 2.45) is 11.8 Å². The van der Waals surface area contributed by atoms with Crippen molar-refractivity contribution in [1.82, 2.24) is 5.32 Å². The average molecular weight is 281 g/mol. The van der Waals surface area contributed by atoms with Gasteiger partial charge >= 0.3 is 0 Å². The number of hydrogen-bond donors (Lipinski definition) is 1. The molecule has 0 amide bonds. The fourth-order valence-electron chi connectivity index (χ4n) is 2.62. The maximum absolute atomic E-state index is 5.85. The standard InChI is InChI=1S/C18H35NO/c1-16-11-7-8-12-17(16)15-20-14-10-6-5-9-13-19-18(2,3)4/h7-8,16-17,19H,5-6,9-15H2,1-4H3. The minimum Gasteiger partial charge on any atom is -0.381 e. The monoisotopic (exact) mass is 281 g/mol. The van der Waals surface area contributed by atoms with Crippen LogP contribution in [-0.4, -0.2) is 25.3 Å². The summed E-state index contributed by atoms with van der Waals surface area (Å²) in [5, 5.41) is 3.53. The molecular formula is C18H35NO. The molecule has 2 heteroatoms. The van der Waals surface area contributed by atoms with E-state index in [0.717, 1.165) is 31.6 Å². The predicted molar refractivity (Wildman–Crippen MR) is 88.1 cm³/mol. The molecule has 20 heavy (non-hydrogen) atoms. The molecule has 0 fully saturated rings. The van der Waals surface area contributed by atoms with Gasteiger partial charge in [-0.2, -0.15) is 0 Å². The molecule has 0 aromatic heterocycles. The van der Waals surface area contributed by atoms with Crippen molar-refractivity contribution < 1.29 is 4.74 Å². The van der Waals surface area contributed by atoms with Crippen molar-refractivity contribution in [2.45, 2.75) is 71.8 Å². The van der Waals surface area contributed by atoms with Crippen LogP contribution >= 0.6 is 0 Å². The van der Waals surface area contributed by atoms with Gasteiger partial charge in [-0.15, -0.1) is 0 Å². The van der Waals surface area contributed by atoms with E-state index < -0.39 is 0 Å². The smallest absolute Gasteiger partial charge is 0.0499 e. The third-order valence-corrected chi connectivity index (χ3v) is 4.12. The first-order valence-electron chi connectivity index (χ1n) is 8.47. The van der Waals surface area contributed by atoms with Gasteiger partial charge in [0.15, 0.2) is 0 Å². The lowest BCUT2D eigenvalue weighted by Gasteiger charge is -2.24. The molecule has 0 aliphatic heterocycles. The SMILES string of the molecule is CC1CC=CCC1COCCCCCCNC(C)(C)C. The molecule has 2 unspecified atom stereocenters. The third kappa shape index (κ3) is 8.76. The second-order valence-electron chi connectivity index (χ2n) is 7.35. The van der Waals surface area contributed by atoms with Gasteiger partial charge in [0.2, 0.25) is 0 Å². The van der Waals surface area contributed by atoms with E-state index in [-0.39, 0.29) is 5.54 Å². The summed E-state index contributed by atoms with van der Waals surface area (Å²) in [5.74, 6) is 1.54. The molecule has 1 aliphatic carbocycles. The molecule has 0 aromatic carbocycles. The lowest BCUT2D eigenvalue weighted by atomic mass is 9.85. The zero-order valence-electron chi connectivity index (χ0n) is 14.1. The van der Waals surface area contributed by atoms with Gasteiger partial charge < -0.3 is 10.1 Å². The topological polar surface area (TPSA) is 21.3 Å². The summed E-state index contributed by atoms with van der Waals surface area (Å²) in [6.45, 7) is 12.1. The van der Waals surface area contributed by atoms with Gasteiger partial charge in [0.05, 0.1) is 0 Å². The van der Waals surface area contributed by atoms with E-state index in [1.165, 1.54) is 38.5 Å². The second kappa shape index (κ2) is 9.57. The Morgan fingerprint density at radius 1 is 1.05 bits per heavy atom. The Balaban J connectivity index is 1.86. The quantitative estimate of drug-likeness (QED) is 0.494. The minimum atomic E-state index is 0.258. The van der Waals surface area contributed by atoms with Crippen molar-refractivity contribution in [1.29, 1.82) is 0 Å². The van der Waals surface area contributed by atoms with Gasteiger partial charge in [-0.05, 0) is 64.8 Å². The van der Waals surface area contributed by atoms with Gasteiger partial charge in [0.1, 0.15) is 0 Å². The van der Waals surface area contributed by atoms with E-state index in [1.54, 1.807) is 0 Å². The van der Waals surface area contributed by atoms with Gasteiger partial charge in [-0.25, -0.2) is 0 Å².